The maximum absolute atomic E-state index is 6.15. The van der Waals surface area contributed by atoms with Crippen molar-refractivity contribution in [2.45, 2.75) is 102 Å². The van der Waals surface area contributed by atoms with Crippen molar-refractivity contribution >= 4 is 0 Å². The van der Waals surface area contributed by atoms with Crippen LogP contribution in [0.1, 0.15) is 78.1 Å². The molecule has 0 radical (unpaired) electrons. The van der Waals surface area contributed by atoms with Crippen molar-refractivity contribution in [1.82, 2.24) is 0 Å². The molecule has 4 fully saturated rings. The van der Waals surface area contributed by atoms with Crippen molar-refractivity contribution in [1.29, 1.82) is 0 Å². The molecule has 0 amide bonds. The SMILES string of the molecule is CC(C)(C1CCC(OCC2CO2)CC1)C1CCC(OC2CC2)CC1. The van der Waals surface area contributed by atoms with Gasteiger partial charge in [0.2, 0.25) is 0 Å². The molecular weight excluding hydrogens is 300 g/mol. The molecule has 0 N–H and O–H groups in total. The summed E-state index contributed by atoms with van der Waals surface area (Å²) in [6.45, 7) is 6.83. The van der Waals surface area contributed by atoms with E-state index in [-0.39, 0.29) is 0 Å². The summed E-state index contributed by atoms with van der Waals surface area (Å²) < 4.78 is 17.4. The van der Waals surface area contributed by atoms with Crippen molar-refractivity contribution in [2.75, 3.05) is 13.2 Å². The van der Waals surface area contributed by atoms with Crippen molar-refractivity contribution in [3.05, 3.63) is 0 Å². The van der Waals surface area contributed by atoms with E-state index in [1.54, 1.807) is 0 Å². The Morgan fingerprint density at radius 3 is 1.67 bits per heavy atom. The largest absolute Gasteiger partial charge is 0.375 e. The molecule has 0 bridgehead atoms. The fourth-order valence-corrected chi connectivity index (χ4v) is 5.13. The van der Waals surface area contributed by atoms with E-state index in [1.807, 2.05) is 0 Å². The Bertz CT molecular complexity index is 397. The molecule has 3 aliphatic carbocycles. The topological polar surface area (TPSA) is 31.0 Å². The summed E-state index contributed by atoms with van der Waals surface area (Å²) in [6, 6.07) is 0. The van der Waals surface area contributed by atoms with Crippen LogP contribution in [0, 0.1) is 17.3 Å². The molecule has 24 heavy (non-hydrogen) atoms. The van der Waals surface area contributed by atoms with E-state index in [0.717, 1.165) is 25.0 Å². The summed E-state index contributed by atoms with van der Waals surface area (Å²) in [5, 5.41) is 0. The zero-order chi connectivity index (χ0) is 16.6. The van der Waals surface area contributed by atoms with Crippen molar-refractivity contribution < 1.29 is 14.2 Å². The smallest absolute Gasteiger partial charge is 0.104 e. The number of hydrogen-bond acceptors (Lipinski definition) is 3. The Morgan fingerprint density at radius 2 is 1.21 bits per heavy atom. The summed E-state index contributed by atoms with van der Waals surface area (Å²) in [7, 11) is 0. The van der Waals surface area contributed by atoms with E-state index in [0.29, 0.717) is 29.8 Å². The average molecular weight is 337 g/mol. The summed E-state index contributed by atoms with van der Waals surface area (Å²) >= 11 is 0. The lowest BCUT2D eigenvalue weighted by Crippen LogP contribution is -2.39. The molecule has 0 aromatic heterocycles. The highest BCUT2D eigenvalue weighted by atomic mass is 16.6. The first-order valence-electron chi connectivity index (χ1n) is 10.5. The molecule has 3 heteroatoms. The molecule has 4 rings (SSSR count). The molecule has 1 aliphatic heterocycles. The van der Waals surface area contributed by atoms with Gasteiger partial charge in [-0.1, -0.05) is 13.8 Å². The van der Waals surface area contributed by atoms with Crippen molar-refractivity contribution in [3.8, 4) is 0 Å². The molecule has 1 atom stereocenters. The van der Waals surface area contributed by atoms with E-state index in [9.17, 15) is 0 Å². The summed E-state index contributed by atoms with van der Waals surface area (Å²) in [5.74, 6) is 1.76. The minimum atomic E-state index is 0.409. The van der Waals surface area contributed by atoms with E-state index < -0.39 is 0 Å². The summed E-state index contributed by atoms with van der Waals surface area (Å²) in [4.78, 5) is 0. The molecule has 3 saturated carbocycles. The first-order valence-corrected chi connectivity index (χ1v) is 10.5. The highest BCUT2D eigenvalue weighted by Gasteiger charge is 2.41. The van der Waals surface area contributed by atoms with Crippen LogP contribution in [0.4, 0.5) is 0 Å². The van der Waals surface area contributed by atoms with Crippen LogP contribution in [0.5, 0.6) is 0 Å². The third kappa shape index (κ3) is 4.34. The van der Waals surface area contributed by atoms with Gasteiger partial charge in [-0.05, 0) is 81.5 Å². The summed E-state index contributed by atoms with van der Waals surface area (Å²) in [6.07, 6.45) is 15.2. The van der Waals surface area contributed by atoms with Gasteiger partial charge in [-0.3, -0.25) is 0 Å². The molecule has 138 valence electrons. The Hall–Kier alpha value is -0.120. The molecule has 1 heterocycles. The fraction of sp³-hybridized carbons (Fsp3) is 1.00. The van der Waals surface area contributed by atoms with Gasteiger partial charge >= 0.3 is 0 Å². The third-order valence-corrected chi connectivity index (χ3v) is 7.28. The molecule has 3 nitrogen and oxygen atoms in total. The minimum Gasteiger partial charge on any atom is -0.375 e. The second-order valence-corrected chi connectivity index (χ2v) is 9.39. The third-order valence-electron chi connectivity index (χ3n) is 7.28. The molecule has 0 aromatic rings. The molecule has 1 unspecified atom stereocenters. The van der Waals surface area contributed by atoms with E-state index in [1.165, 1.54) is 64.2 Å². The highest BCUT2D eigenvalue weighted by Crippen LogP contribution is 2.49. The van der Waals surface area contributed by atoms with Gasteiger partial charge in [-0.2, -0.15) is 0 Å². The van der Waals surface area contributed by atoms with Gasteiger partial charge in [0.05, 0.1) is 31.5 Å². The second kappa shape index (κ2) is 7.25. The van der Waals surface area contributed by atoms with Gasteiger partial charge in [-0.25, -0.2) is 0 Å². The molecule has 1 saturated heterocycles. The maximum atomic E-state index is 6.15. The molecule has 4 aliphatic rings. The van der Waals surface area contributed by atoms with Crippen LogP contribution in [0.15, 0.2) is 0 Å². The summed E-state index contributed by atoms with van der Waals surface area (Å²) in [5.41, 5.74) is 0.481. The Labute approximate surface area is 147 Å². The molecule has 0 aromatic carbocycles. The van der Waals surface area contributed by atoms with Crippen molar-refractivity contribution in [2.24, 2.45) is 17.3 Å². The van der Waals surface area contributed by atoms with Crippen molar-refractivity contribution in [3.63, 3.8) is 0 Å². The lowest BCUT2D eigenvalue weighted by molar-refractivity contribution is -0.0402. The lowest BCUT2D eigenvalue weighted by Gasteiger charge is -2.46. The van der Waals surface area contributed by atoms with E-state index in [2.05, 4.69) is 13.8 Å². The monoisotopic (exact) mass is 336 g/mol. The maximum Gasteiger partial charge on any atom is 0.104 e. The first-order chi connectivity index (χ1) is 11.6. The number of hydrogen-bond donors (Lipinski definition) is 0. The Morgan fingerprint density at radius 1 is 0.750 bits per heavy atom. The van der Waals surface area contributed by atoms with Crippen LogP contribution >= 0.6 is 0 Å². The van der Waals surface area contributed by atoms with Crippen LogP contribution in [0.3, 0.4) is 0 Å². The predicted molar refractivity (Wildman–Crippen MR) is 95.1 cm³/mol. The average Bonchev–Trinajstić information content (AvgIpc) is 3.49. The van der Waals surface area contributed by atoms with Crippen LogP contribution in [-0.4, -0.2) is 37.6 Å². The van der Waals surface area contributed by atoms with Crippen LogP contribution in [0.25, 0.3) is 0 Å². The Kier molecular flexibility index (Phi) is 5.22. The van der Waals surface area contributed by atoms with Gasteiger partial charge in [0.25, 0.3) is 0 Å². The van der Waals surface area contributed by atoms with Crippen LogP contribution < -0.4 is 0 Å². The predicted octanol–water partition coefficient (Wildman–Crippen LogP) is 4.72. The van der Waals surface area contributed by atoms with E-state index in [4.69, 9.17) is 14.2 Å². The molecule has 0 spiro atoms. The normalized spacial score (nSPS) is 40.5. The zero-order valence-electron chi connectivity index (χ0n) is 15.7. The fourth-order valence-electron chi connectivity index (χ4n) is 5.13. The number of ether oxygens (including phenoxy) is 3. The van der Waals surface area contributed by atoms with Gasteiger partial charge in [-0.15, -0.1) is 0 Å². The number of epoxide rings is 1. The van der Waals surface area contributed by atoms with Gasteiger partial charge < -0.3 is 14.2 Å². The zero-order valence-corrected chi connectivity index (χ0v) is 15.7. The lowest BCUT2D eigenvalue weighted by atomic mass is 9.60. The highest BCUT2D eigenvalue weighted by molar-refractivity contribution is 4.91. The second-order valence-electron chi connectivity index (χ2n) is 9.39. The van der Waals surface area contributed by atoms with Gasteiger partial charge in [0.1, 0.15) is 6.10 Å². The van der Waals surface area contributed by atoms with Crippen LogP contribution in [0.2, 0.25) is 0 Å². The van der Waals surface area contributed by atoms with Gasteiger partial charge in [0, 0.05) is 0 Å². The standard InChI is InChI=1S/C21H36O3/c1-21(2,16-5-9-18(10-6-16)24-19-11-12-19)15-3-7-17(8-4-15)22-13-20-14-23-20/h15-20H,3-14H2,1-2H3. The minimum absolute atomic E-state index is 0.409. The first kappa shape index (κ1) is 17.3. The van der Waals surface area contributed by atoms with E-state index >= 15 is 0 Å². The van der Waals surface area contributed by atoms with Crippen LogP contribution in [-0.2, 0) is 14.2 Å². The number of rotatable bonds is 7. The quantitative estimate of drug-likeness (QED) is 0.630. The van der Waals surface area contributed by atoms with Gasteiger partial charge in [0.15, 0.2) is 0 Å². The Balaban J connectivity index is 1.21. The molecular formula is C21H36O3.